The van der Waals surface area contributed by atoms with Crippen LogP contribution in [0.5, 0.6) is 0 Å². The molecular weight excluding hydrogens is 196 g/mol. The molecule has 2 heteroatoms. The molecule has 0 N–H and O–H groups in total. The topological polar surface area (TPSA) is 9.23 Å². The van der Waals surface area contributed by atoms with Gasteiger partial charge in [0.2, 0.25) is 0 Å². The highest BCUT2D eigenvalue weighted by Crippen LogP contribution is 2.20. The Labute approximate surface area is 89.3 Å². The minimum atomic E-state index is 0.353. The molecule has 1 aliphatic rings. The lowest BCUT2D eigenvalue weighted by molar-refractivity contribution is 0.161. The van der Waals surface area contributed by atoms with Crippen LogP contribution >= 0.6 is 11.6 Å². The van der Waals surface area contributed by atoms with Crippen molar-refractivity contribution in [1.29, 1.82) is 0 Å². The first-order valence-corrected chi connectivity index (χ1v) is 5.28. The molecule has 1 aromatic rings. The molecule has 2 rings (SSSR count). The average Bonchev–Trinajstić information content (AvgIpc) is 2.69. The van der Waals surface area contributed by atoms with Gasteiger partial charge in [-0.1, -0.05) is 29.8 Å². The Morgan fingerprint density at radius 3 is 2.93 bits per heavy atom. The summed E-state index contributed by atoms with van der Waals surface area (Å²) < 4.78 is 5.39. The standard InChI is InChI=1S/C12H13ClO/c13-12-6-2-1-4-10(12)7-8-11-5-3-9-14-11/h1-4,6,9,11H,5,7-8H2. The van der Waals surface area contributed by atoms with Crippen LogP contribution in [-0.2, 0) is 11.2 Å². The fourth-order valence-corrected chi connectivity index (χ4v) is 1.86. The van der Waals surface area contributed by atoms with Gasteiger partial charge in [-0.3, -0.25) is 0 Å². The van der Waals surface area contributed by atoms with Crippen molar-refractivity contribution in [3.05, 3.63) is 47.2 Å². The molecule has 1 unspecified atom stereocenters. The maximum absolute atomic E-state index is 6.05. The van der Waals surface area contributed by atoms with Gasteiger partial charge in [0.1, 0.15) is 6.10 Å². The highest BCUT2D eigenvalue weighted by Gasteiger charge is 2.11. The van der Waals surface area contributed by atoms with Gasteiger partial charge in [0.25, 0.3) is 0 Å². The molecule has 1 atom stereocenters. The van der Waals surface area contributed by atoms with E-state index in [0.29, 0.717) is 6.10 Å². The third-order valence-corrected chi connectivity index (χ3v) is 2.83. The SMILES string of the molecule is Clc1ccccc1CCC1CC=CO1. The molecule has 0 spiro atoms. The number of rotatable bonds is 3. The van der Waals surface area contributed by atoms with Crippen LogP contribution in [-0.4, -0.2) is 6.10 Å². The van der Waals surface area contributed by atoms with Gasteiger partial charge in [-0.25, -0.2) is 0 Å². The van der Waals surface area contributed by atoms with Crippen molar-refractivity contribution in [2.75, 3.05) is 0 Å². The zero-order valence-electron chi connectivity index (χ0n) is 7.95. The number of ether oxygens (including phenoxy) is 1. The Bertz CT molecular complexity index is 325. The first-order chi connectivity index (χ1) is 6.86. The molecule has 0 aliphatic carbocycles. The normalized spacial score (nSPS) is 19.6. The summed E-state index contributed by atoms with van der Waals surface area (Å²) in [6, 6.07) is 7.99. The molecular formula is C12H13ClO. The van der Waals surface area contributed by atoms with Gasteiger partial charge >= 0.3 is 0 Å². The van der Waals surface area contributed by atoms with Crippen LogP contribution in [0, 0.1) is 0 Å². The van der Waals surface area contributed by atoms with Gasteiger partial charge in [-0.15, -0.1) is 0 Å². The van der Waals surface area contributed by atoms with Crippen molar-refractivity contribution in [3.63, 3.8) is 0 Å². The minimum absolute atomic E-state index is 0.353. The molecule has 74 valence electrons. The van der Waals surface area contributed by atoms with E-state index in [-0.39, 0.29) is 0 Å². The molecule has 14 heavy (non-hydrogen) atoms. The lowest BCUT2D eigenvalue weighted by Crippen LogP contribution is -2.06. The highest BCUT2D eigenvalue weighted by atomic mass is 35.5. The van der Waals surface area contributed by atoms with E-state index in [2.05, 4.69) is 12.1 Å². The molecule has 1 nitrogen and oxygen atoms in total. The van der Waals surface area contributed by atoms with Gasteiger partial charge in [0.05, 0.1) is 6.26 Å². The zero-order valence-corrected chi connectivity index (χ0v) is 8.70. The maximum atomic E-state index is 6.05. The lowest BCUT2D eigenvalue weighted by Gasteiger charge is -2.10. The molecule has 0 saturated heterocycles. The van der Waals surface area contributed by atoms with Crippen LogP contribution in [0.25, 0.3) is 0 Å². The van der Waals surface area contributed by atoms with Gasteiger partial charge in [-0.2, -0.15) is 0 Å². The fraction of sp³-hybridized carbons (Fsp3) is 0.333. The van der Waals surface area contributed by atoms with Crippen molar-refractivity contribution < 1.29 is 4.74 Å². The summed E-state index contributed by atoms with van der Waals surface area (Å²) in [5.41, 5.74) is 1.21. The first kappa shape index (κ1) is 9.60. The monoisotopic (exact) mass is 208 g/mol. The smallest absolute Gasteiger partial charge is 0.102 e. The molecule has 0 aromatic heterocycles. The molecule has 1 aliphatic heterocycles. The van der Waals surface area contributed by atoms with E-state index in [1.807, 2.05) is 18.2 Å². The van der Waals surface area contributed by atoms with Crippen molar-refractivity contribution in [2.45, 2.75) is 25.4 Å². The summed E-state index contributed by atoms with van der Waals surface area (Å²) in [5.74, 6) is 0. The predicted octanol–water partition coefficient (Wildman–Crippen LogP) is 3.58. The summed E-state index contributed by atoms with van der Waals surface area (Å²) in [5, 5.41) is 0.860. The number of halogens is 1. The summed E-state index contributed by atoms with van der Waals surface area (Å²) in [6.07, 6.45) is 7.27. The number of aryl methyl sites for hydroxylation is 1. The third-order valence-electron chi connectivity index (χ3n) is 2.46. The Morgan fingerprint density at radius 2 is 2.21 bits per heavy atom. The van der Waals surface area contributed by atoms with Crippen LogP contribution < -0.4 is 0 Å². The second-order valence-corrected chi connectivity index (χ2v) is 3.90. The highest BCUT2D eigenvalue weighted by molar-refractivity contribution is 6.31. The van der Waals surface area contributed by atoms with Crippen molar-refractivity contribution in [1.82, 2.24) is 0 Å². The second kappa shape index (κ2) is 4.52. The minimum Gasteiger partial charge on any atom is -0.498 e. The predicted molar refractivity (Wildman–Crippen MR) is 58.4 cm³/mol. The van der Waals surface area contributed by atoms with E-state index in [0.717, 1.165) is 24.3 Å². The zero-order chi connectivity index (χ0) is 9.80. The maximum Gasteiger partial charge on any atom is 0.102 e. The molecule has 1 heterocycles. The van der Waals surface area contributed by atoms with E-state index in [4.69, 9.17) is 16.3 Å². The molecule has 0 fully saturated rings. The molecule has 1 aromatic carbocycles. The lowest BCUT2D eigenvalue weighted by atomic mass is 10.1. The molecule has 0 amide bonds. The van der Waals surface area contributed by atoms with Crippen LogP contribution in [0.15, 0.2) is 36.6 Å². The number of benzene rings is 1. The van der Waals surface area contributed by atoms with Crippen LogP contribution in [0.3, 0.4) is 0 Å². The summed E-state index contributed by atoms with van der Waals surface area (Å²) in [4.78, 5) is 0. The average molecular weight is 209 g/mol. The third kappa shape index (κ3) is 2.30. The van der Waals surface area contributed by atoms with Gasteiger partial charge in [0.15, 0.2) is 0 Å². The van der Waals surface area contributed by atoms with E-state index in [1.54, 1.807) is 6.26 Å². The van der Waals surface area contributed by atoms with Crippen LogP contribution in [0.4, 0.5) is 0 Å². The van der Waals surface area contributed by atoms with E-state index >= 15 is 0 Å². The Balaban J connectivity index is 1.88. The Kier molecular flexibility index (Phi) is 3.10. The Morgan fingerprint density at radius 1 is 1.36 bits per heavy atom. The quantitative estimate of drug-likeness (QED) is 0.738. The van der Waals surface area contributed by atoms with Crippen molar-refractivity contribution in [3.8, 4) is 0 Å². The van der Waals surface area contributed by atoms with Gasteiger partial charge < -0.3 is 4.74 Å². The molecule has 0 saturated carbocycles. The van der Waals surface area contributed by atoms with Crippen molar-refractivity contribution >= 4 is 11.6 Å². The van der Waals surface area contributed by atoms with E-state index in [9.17, 15) is 0 Å². The second-order valence-electron chi connectivity index (χ2n) is 3.50. The molecule has 0 radical (unpaired) electrons. The summed E-state index contributed by atoms with van der Waals surface area (Å²) >= 11 is 6.05. The van der Waals surface area contributed by atoms with E-state index < -0.39 is 0 Å². The summed E-state index contributed by atoms with van der Waals surface area (Å²) in [6.45, 7) is 0. The molecule has 0 bridgehead atoms. The number of hydrogen-bond acceptors (Lipinski definition) is 1. The van der Waals surface area contributed by atoms with Crippen LogP contribution in [0.2, 0.25) is 5.02 Å². The summed E-state index contributed by atoms with van der Waals surface area (Å²) in [7, 11) is 0. The Hall–Kier alpha value is -0.950. The van der Waals surface area contributed by atoms with E-state index in [1.165, 1.54) is 5.56 Å². The number of hydrogen-bond donors (Lipinski definition) is 0. The first-order valence-electron chi connectivity index (χ1n) is 4.90. The van der Waals surface area contributed by atoms with Crippen LogP contribution in [0.1, 0.15) is 18.4 Å². The van der Waals surface area contributed by atoms with Crippen molar-refractivity contribution in [2.24, 2.45) is 0 Å². The van der Waals surface area contributed by atoms with Gasteiger partial charge in [-0.05, 0) is 30.5 Å². The fourth-order valence-electron chi connectivity index (χ4n) is 1.63. The largest absolute Gasteiger partial charge is 0.498 e. The van der Waals surface area contributed by atoms with Gasteiger partial charge in [0, 0.05) is 11.4 Å².